The molecule has 0 saturated heterocycles. The predicted octanol–water partition coefficient (Wildman–Crippen LogP) is 2.87. The Morgan fingerprint density at radius 2 is 1.76 bits per heavy atom. The van der Waals surface area contributed by atoms with Gasteiger partial charge >= 0.3 is 5.97 Å². The summed E-state index contributed by atoms with van der Waals surface area (Å²) in [6.07, 6.45) is 0.778. The Balaban J connectivity index is 2.25. The molecule has 0 atom stereocenters. The number of nitrogens with zero attached hydrogens (tertiary/aromatic N) is 2. The zero-order valence-electron chi connectivity index (χ0n) is 12.4. The van der Waals surface area contributed by atoms with Crippen molar-refractivity contribution in [3.63, 3.8) is 0 Å². The minimum atomic E-state index is -0.891. The molecule has 4 nitrogen and oxygen atoms in total. The molecule has 4 heteroatoms. The summed E-state index contributed by atoms with van der Waals surface area (Å²) >= 11 is 0. The number of carboxylic acids is 1. The summed E-state index contributed by atoms with van der Waals surface area (Å²) < 4.78 is 0. The molecule has 1 aliphatic carbocycles. The Hall–Kier alpha value is -2.33. The molecule has 0 bridgehead atoms. The highest BCUT2D eigenvalue weighted by Crippen LogP contribution is 2.42. The molecule has 0 aromatic heterocycles. The van der Waals surface area contributed by atoms with Crippen LogP contribution < -0.4 is 5.01 Å². The van der Waals surface area contributed by atoms with Crippen LogP contribution in [0.25, 0.3) is 11.1 Å². The lowest BCUT2D eigenvalue weighted by Crippen LogP contribution is -2.35. The van der Waals surface area contributed by atoms with E-state index in [0.29, 0.717) is 5.56 Å². The third-order valence-electron chi connectivity index (χ3n) is 4.11. The first-order valence-electron chi connectivity index (χ1n) is 6.89. The molecule has 108 valence electrons. The van der Waals surface area contributed by atoms with E-state index < -0.39 is 5.97 Å². The summed E-state index contributed by atoms with van der Waals surface area (Å²) in [5.74, 6) is -0.891. The summed E-state index contributed by atoms with van der Waals surface area (Å²) in [7, 11) is 5.71. The third-order valence-corrected chi connectivity index (χ3v) is 4.11. The average molecular weight is 282 g/mol. The van der Waals surface area contributed by atoms with Crippen LogP contribution in [0.4, 0.5) is 5.69 Å². The van der Waals surface area contributed by atoms with Gasteiger partial charge in [0.2, 0.25) is 0 Å². The molecule has 2 aromatic carbocycles. The molecule has 0 aliphatic heterocycles. The van der Waals surface area contributed by atoms with Gasteiger partial charge in [0, 0.05) is 27.6 Å². The number of aromatic carboxylic acids is 1. The molecule has 3 rings (SSSR count). The van der Waals surface area contributed by atoms with Crippen molar-refractivity contribution in [2.24, 2.45) is 0 Å². The number of fused-ring (bicyclic) bond motifs is 3. The highest BCUT2D eigenvalue weighted by atomic mass is 16.4. The molecule has 0 fully saturated rings. The van der Waals surface area contributed by atoms with Gasteiger partial charge in [0.25, 0.3) is 0 Å². The maximum atomic E-state index is 11.6. The standard InChI is InChI=1S/C17H18N2O2/c1-18(2)19(3)16-14(17(20)21)9-8-13-12-7-5-4-6-11(12)10-15(13)16/h4-9H,10H2,1-3H3,(H,20,21). The van der Waals surface area contributed by atoms with E-state index in [1.807, 2.05) is 49.4 Å². The van der Waals surface area contributed by atoms with Gasteiger partial charge in [-0.1, -0.05) is 30.3 Å². The molecular formula is C17H18N2O2. The van der Waals surface area contributed by atoms with Crippen molar-refractivity contribution in [2.75, 3.05) is 26.2 Å². The molecular weight excluding hydrogens is 264 g/mol. The number of hydrogen-bond acceptors (Lipinski definition) is 3. The van der Waals surface area contributed by atoms with Crippen molar-refractivity contribution in [2.45, 2.75) is 6.42 Å². The zero-order chi connectivity index (χ0) is 15.1. The van der Waals surface area contributed by atoms with Gasteiger partial charge < -0.3 is 10.1 Å². The second-order valence-electron chi connectivity index (χ2n) is 5.50. The predicted molar refractivity (Wildman–Crippen MR) is 83.7 cm³/mol. The van der Waals surface area contributed by atoms with Gasteiger partial charge in [0.1, 0.15) is 0 Å². The van der Waals surface area contributed by atoms with Crippen molar-refractivity contribution in [3.8, 4) is 11.1 Å². The van der Waals surface area contributed by atoms with Crippen LogP contribution in [-0.2, 0) is 6.42 Å². The first-order valence-corrected chi connectivity index (χ1v) is 6.89. The third kappa shape index (κ3) is 2.08. The minimum Gasteiger partial charge on any atom is -0.478 e. The van der Waals surface area contributed by atoms with Gasteiger partial charge in [0.15, 0.2) is 0 Å². The van der Waals surface area contributed by atoms with Crippen LogP contribution in [0.2, 0.25) is 0 Å². The van der Waals surface area contributed by atoms with E-state index in [1.165, 1.54) is 11.1 Å². The van der Waals surface area contributed by atoms with E-state index >= 15 is 0 Å². The van der Waals surface area contributed by atoms with E-state index in [4.69, 9.17) is 0 Å². The normalized spacial score (nSPS) is 12.2. The summed E-state index contributed by atoms with van der Waals surface area (Å²) in [6.45, 7) is 0. The smallest absolute Gasteiger partial charge is 0.337 e. The molecule has 0 unspecified atom stereocenters. The molecule has 0 spiro atoms. The number of anilines is 1. The monoisotopic (exact) mass is 282 g/mol. The first-order chi connectivity index (χ1) is 10.0. The molecule has 0 amide bonds. The fourth-order valence-corrected chi connectivity index (χ4v) is 2.94. The SMILES string of the molecule is CN(C)N(C)c1c(C(=O)O)ccc2c1Cc1ccccc1-2. The molecule has 0 saturated carbocycles. The van der Waals surface area contributed by atoms with Crippen LogP contribution in [0.15, 0.2) is 36.4 Å². The number of benzene rings is 2. The van der Waals surface area contributed by atoms with Crippen molar-refractivity contribution in [1.29, 1.82) is 0 Å². The van der Waals surface area contributed by atoms with E-state index in [1.54, 1.807) is 6.07 Å². The molecule has 1 aliphatic rings. The van der Waals surface area contributed by atoms with Crippen LogP contribution >= 0.6 is 0 Å². The van der Waals surface area contributed by atoms with Gasteiger partial charge in [-0.15, -0.1) is 0 Å². The summed E-state index contributed by atoms with van der Waals surface area (Å²) in [5, 5.41) is 13.3. The van der Waals surface area contributed by atoms with Crippen molar-refractivity contribution < 1.29 is 9.90 Å². The van der Waals surface area contributed by atoms with Crippen LogP contribution in [-0.4, -0.2) is 37.2 Å². The number of carbonyl (C=O) groups is 1. The summed E-state index contributed by atoms with van der Waals surface area (Å²) in [6, 6.07) is 11.9. The van der Waals surface area contributed by atoms with Crippen LogP contribution in [0.5, 0.6) is 0 Å². The number of carboxylic acid groups (broad SMARTS) is 1. The van der Waals surface area contributed by atoms with Crippen molar-refractivity contribution in [3.05, 3.63) is 53.1 Å². The van der Waals surface area contributed by atoms with Crippen LogP contribution in [0.3, 0.4) is 0 Å². The van der Waals surface area contributed by atoms with Crippen molar-refractivity contribution >= 4 is 11.7 Å². The lowest BCUT2D eigenvalue weighted by molar-refractivity contribution is 0.0697. The summed E-state index contributed by atoms with van der Waals surface area (Å²) in [5.41, 5.74) is 5.81. The minimum absolute atomic E-state index is 0.345. The Kier molecular flexibility index (Phi) is 3.18. The highest BCUT2D eigenvalue weighted by molar-refractivity contribution is 5.98. The van der Waals surface area contributed by atoms with Crippen LogP contribution in [0, 0.1) is 0 Å². The first kappa shape index (κ1) is 13.6. The lowest BCUT2D eigenvalue weighted by atomic mass is 10.0. The van der Waals surface area contributed by atoms with Gasteiger partial charge in [-0.05, 0) is 28.3 Å². The molecule has 0 heterocycles. The second-order valence-corrected chi connectivity index (χ2v) is 5.50. The van der Waals surface area contributed by atoms with Crippen LogP contribution in [0.1, 0.15) is 21.5 Å². The maximum absolute atomic E-state index is 11.6. The Morgan fingerprint density at radius 3 is 2.43 bits per heavy atom. The molecule has 1 N–H and O–H groups in total. The van der Waals surface area contributed by atoms with Gasteiger partial charge in [-0.3, -0.25) is 0 Å². The topological polar surface area (TPSA) is 43.8 Å². The molecule has 0 radical (unpaired) electrons. The van der Waals surface area contributed by atoms with Gasteiger partial charge in [0.05, 0.1) is 11.3 Å². The second kappa shape index (κ2) is 4.90. The van der Waals surface area contributed by atoms with E-state index in [2.05, 4.69) is 12.1 Å². The zero-order valence-corrected chi connectivity index (χ0v) is 12.4. The maximum Gasteiger partial charge on any atom is 0.337 e. The number of hydrogen-bond donors (Lipinski definition) is 1. The quantitative estimate of drug-likeness (QED) is 0.750. The van der Waals surface area contributed by atoms with E-state index in [9.17, 15) is 9.90 Å². The Labute approximate surface area is 124 Å². The largest absolute Gasteiger partial charge is 0.478 e. The lowest BCUT2D eigenvalue weighted by Gasteiger charge is -2.30. The average Bonchev–Trinajstić information content (AvgIpc) is 2.83. The fraction of sp³-hybridized carbons (Fsp3) is 0.235. The highest BCUT2D eigenvalue weighted by Gasteiger charge is 2.27. The van der Waals surface area contributed by atoms with Gasteiger partial charge in [-0.25, -0.2) is 9.80 Å². The fourth-order valence-electron chi connectivity index (χ4n) is 2.94. The van der Waals surface area contributed by atoms with E-state index in [0.717, 1.165) is 23.2 Å². The Bertz CT molecular complexity index is 723. The number of rotatable bonds is 3. The van der Waals surface area contributed by atoms with Gasteiger partial charge in [-0.2, -0.15) is 0 Å². The Morgan fingerprint density at radius 1 is 1.05 bits per heavy atom. The molecule has 21 heavy (non-hydrogen) atoms. The summed E-state index contributed by atoms with van der Waals surface area (Å²) in [4.78, 5) is 11.6. The van der Waals surface area contributed by atoms with Crippen molar-refractivity contribution in [1.82, 2.24) is 5.01 Å². The molecule has 2 aromatic rings. The number of hydrazine groups is 1. The van der Waals surface area contributed by atoms with E-state index in [-0.39, 0.29) is 0 Å².